The van der Waals surface area contributed by atoms with E-state index in [1.54, 1.807) is 11.0 Å². The zero-order chi connectivity index (χ0) is 21.2. The van der Waals surface area contributed by atoms with Crippen LogP contribution in [-0.4, -0.2) is 33.2 Å². The minimum atomic E-state index is -0.0769. The summed E-state index contributed by atoms with van der Waals surface area (Å²) in [7, 11) is 0. The normalized spacial score (nSPS) is 11.2. The Bertz CT molecular complexity index is 1350. The van der Waals surface area contributed by atoms with Crippen LogP contribution in [0.5, 0.6) is 0 Å². The standard InChI is InChI=1S/C23H18N4O2S2/c1-2-11-27(21(28)14-31-23-26-18-9-5-6-10-20(18)29-23)22-25-19(13-30-22)16-12-24-17-8-4-3-7-15(16)17/h2-10,12-13,24H,1,11,14H2. The first-order valence-corrected chi connectivity index (χ1v) is 11.5. The fraction of sp³-hybridized carbons (Fsp3) is 0.0870. The number of hydrogen-bond acceptors (Lipinski definition) is 6. The molecule has 8 heteroatoms. The Hall–Kier alpha value is -3.36. The number of carbonyl (C=O) groups is 1. The smallest absolute Gasteiger partial charge is 0.257 e. The van der Waals surface area contributed by atoms with Gasteiger partial charge in [-0.15, -0.1) is 17.9 Å². The van der Waals surface area contributed by atoms with E-state index in [1.807, 2.05) is 54.0 Å². The van der Waals surface area contributed by atoms with E-state index in [0.29, 0.717) is 22.5 Å². The molecule has 2 aromatic carbocycles. The lowest BCUT2D eigenvalue weighted by atomic mass is 10.1. The topological polar surface area (TPSA) is 75.0 Å². The predicted molar refractivity (Wildman–Crippen MR) is 127 cm³/mol. The Kier molecular flexibility index (Phi) is 5.31. The molecule has 1 N–H and O–H groups in total. The average Bonchev–Trinajstić information content (AvgIpc) is 3.53. The van der Waals surface area contributed by atoms with Gasteiger partial charge in [-0.3, -0.25) is 9.69 Å². The third kappa shape index (κ3) is 3.87. The van der Waals surface area contributed by atoms with Crippen LogP contribution in [0.15, 0.2) is 82.4 Å². The lowest BCUT2D eigenvalue weighted by Gasteiger charge is -2.17. The van der Waals surface area contributed by atoms with E-state index in [1.165, 1.54) is 23.1 Å². The van der Waals surface area contributed by atoms with Crippen molar-refractivity contribution < 1.29 is 9.21 Å². The molecule has 3 aromatic heterocycles. The molecule has 31 heavy (non-hydrogen) atoms. The summed E-state index contributed by atoms with van der Waals surface area (Å²) < 4.78 is 5.70. The van der Waals surface area contributed by atoms with Gasteiger partial charge in [-0.2, -0.15) is 0 Å². The van der Waals surface area contributed by atoms with Gasteiger partial charge in [-0.05, 0) is 18.2 Å². The van der Waals surface area contributed by atoms with E-state index in [0.717, 1.165) is 27.7 Å². The van der Waals surface area contributed by atoms with Gasteiger partial charge >= 0.3 is 0 Å². The number of carbonyl (C=O) groups excluding carboxylic acids is 1. The third-order valence-electron chi connectivity index (χ3n) is 4.79. The van der Waals surface area contributed by atoms with E-state index in [-0.39, 0.29) is 11.7 Å². The number of anilines is 1. The van der Waals surface area contributed by atoms with Crippen molar-refractivity contribution in [2.45, 2.75) is 5.22 Å². The summed E-state index contributed by atoms with van der Waals surface area (Å²) >= 11 is 2.72. The molecule has 5 rings (SSSR count). The summed E-state index contributed by atoms with van der Waals surface area (Å²) in [5, 5.41) is 4.20. The van der Waals surface area contributed by atoms with Crippen LogP contribution in [0.4, 0.5) is 5.13 Å². The molecule has 0 aliphatic heterocycles. The van der Waals surface area contributed by atoms with Crippen LogP contribution in [0.25, 0.3) is 33.3 Å². The van der Waals surface area contributed by atoms with Crippen molar-refractivity contribution in [3.63, 3.8) is 0 Å². The molecule has 6 nitrogen and oxygen atoms in total. The molecule has 0 saturated heterocycles. The van der Waals surface area contributed by atoms with Gasteiger partial charge in [-0.1, -0.05) is 48.2 Å². The number of fused-ring (bicyclic) bond motifs is 2. The van der Waals surface area contributed by atoms with E-state index in [9.17, 15) is 4.79 Å². The fourth-order valence-corrected chi connectivity index (χ4v) is 4.89. The monoisotopic (exact) mass is 446 g/mol. The lowest BCUT2D eigenvalue weighted by molar-refractivity contribution is -0.116. The maximum absolute atomic E-state index is 13.0. The summed E-state index contributed by atoms with van der Waals surface area (Å²) in [4.78, 5) is 27.1. The second kappa shape index (κ2) is 8.41. The minimum absolute atomic E-state index is 0.0769. The summed E-state index contributed by atoms with van der Waals surface area (Å²) in [6.45, 7) is 4.18. The van der Waals surface area contributed by atoms with E-state index in [2.05, 4.69) is 22.6 Å². The van der Waals surface area contributed by atoms with Gasteiger partial charge in [0.25, 0.3) is 5.22 Å². The molecule has 0 saturated carbocycles. The van der Waals surface area contributed by atoms with E-state index in [4.69, 9.17) is 9.40 Å². The number of rotatable bonds is 7. The molecule has 154 valence electrons. The van der Waals surface area contributed by atoms with Crippen molar-refractivity contribution in [1.82, 2.24) is 15.0 Å². The largest absolute Gasteiger partial charge is 0.431 e. The molecule has 1 amide bonds. The Morgan fingerprint density at radius 3 is 2.90 bits per heavy atom. The van der Waals surface area contributed by atoms with Crippen LogP contribution in [0.3, 0.4) is 0 Å². The van der Waals surface area contributed by atoms with Gasteiger partial charge in [0.1, 0.15) is 5.52 Å². The van der Waals surface area contributed by atoms with Crippen LogP contribution in [-0.2, 0) is 4.79 Å². The number of para-hydroxylation sites is 3. The number of thiazole rings is 1. The maximum atomic E-state index is 13.0. The summed E-state index contributed by atoms with van der Waals surface area (Å²) in [6, 6.07) is 15.6. The quantitative estimate of drug-likeness (QED) is 0.255. The molecule has 0 radical (unpaired) electrons. The van der Waals surface area contributed by atoms with Gasteiger partial charge in [0, 0.05) is 34.6 Å². The van der Waals surface area contributed by atoms with Crippen LogP contribution < -0.4 is 4.90 Å². The molecule has 0 bridgehead atoms. The van der Waals surface area contributed by atoms with Gasteiger partial charge in [0.2, 0.25) is 5.91 Å². The van der Waals surface area contributed by atoms with Crippen LogP contribution >= 0.6 is 23.1 Å². The van der Waals surface area contributed by atoms with E-state index >= 15 is 0 Å². The van der Waals surface area contributed by atoms with Gasteiger partial charge in [0.15, 0.2) is 10.7 Å². The minimum Gasteiger partial charge on any atom is -0.431 e. The molecular formula is C23H18N4O2S2. The Morgan fingerprint density at radius 2 is 2.03 bits per heavy atom. The van der Waals surface area contributed by atoms with Gasteiger partial charge in [-0.25, -0.2) is 9.97 Å². The van der Waals surface area contributed by atoms with Crippen molar-refractivity contribution in [2.24, 2.45) is 0 Å². The predicted octanol–water partition coefficient (Wildman–Crippen LogP) is 5.74. The molecule has 5 aromatic rings. The summed E-state index contributed by atoms with van der Waals surface area (Å²) in [6.07, 6.45) is 3.65. The highest BCUT2D eigenvalue weighted by atomic mass is 32.2. The number of aromatic amines is 1. The van der Waals surface area contributed by atoms with Crippen molar-refractivity contribution in [3.05, 3.63) is 72.8 Å². The lowest BCUT2D eigenvalue weighted by Crippen LogP contribution is -2.32. The zero-order valence-electron chi connectivity index (χ0n) is 16.4. The molecular weight excluding hydrogens is 428 g/mol. The molecule has 0 aliphatic carbocycles. The number of nitrogens with zero attached hydrogens (tertiary/aromatic N) is 3. The number of oxazole rings is 1. The van der Waals surface area contributed by atoms with Crippen LogP contribution in [0.2, 0.25) is 0 Å². The SMILES string of the molecule is C=CCN(C(=O)CSc1nc2ccccc2o1)c1nc(-c2c[nH]c3ccccc23)cs1. The number of nitrogens with one attached hydrogen (secondary N) is 1. The second-order valence-corrected chi connectivity index (χ2v) is 8.56. The van der Waals surface area contributed by atoms with Crippen molar-refractivity contribution in [3.8, 4) is 11.3 Å². The first-order valence-electron chi connectivity index (χ1n) is 9.64. The molecule has 0 unspecified atom stereocenters. The first-order chi connectivity index (χ1) is 15.2. The molecule has 0 aliphatic rings. The number of H-pyrrole nitrogens is 1. The Labute approximate surface area is 186 Å². The third-order valence-corrected chi connectivity index (χ3v) is 6.47. The summed E-state index contributed by atoms with van der Waals surface area (Å²) in [5.41, 5.74) is 4.41. The molecule has 0 atom stereocenters. The van der Waals surface area contributed by atoms with Crippen LogP contribution in [0, 0.1) is 0 Å². The number of benzene rings is 2. The average molecular weight is 447 g/mol. The highest BCUT2D eigenvalue weighted by Gasteiger charge is 2.20. The summed E-state index contributed by atoms with van der Waals surface area (Å²) in [5.74, 6) is 0.120. The number of aromatic nitrogens is 3. The molecule has 0 fully saturated rings. The van der Waals surface area contributed by atoms with Crippen molar-refractivity contribution >= 4 is 56.1 Å². The van der Waals surface area contributed by atoms with E-state index < -0.39 is 0 Å². The molecule has 0 spiro atoms. The van der Waals surface area contributed by atoms with Gasteiger partial charge < -0.3 is 9.40 Å². The highest BCUT2D eigenvalue weighted by Crippen LogP contribution is 2.33. The molecule has 3 heterocycles. The van der Waals surface area contributed by atoms with Crippen LogP contribution in [0.1, 0.15) is 0 Å². The van der Waals surface area contributed by atoms with Crippen molar-refractivity contribution in [2.75, 3.05) is 17.2 Å². The number of thioether (sulfide) groups is 1. The fourth-order valence-electron chi connectivity index (χ4n) is 3.33. The maximum Gasteiger partial charge on any atom is 0.257 e. The Balaban J connectivity index is 1.35. The Morgan fingerprint density at radius 1 is 1.19 bits per heavy atom. The number of hydrogen-bond donors (Lipinski definition) is 1. The number of amides is 1. The first kappa shape index (κ1) is 19.6. The highest BCUT2D eigenvalue weighted by molar-refractivity contribution is 7.99. The van der Waals surface area contributed by atoms with Crippen molar-refractivity contribution in [1.29, 1.82) is 0 Å². The second-order valence-electron chi connectivity index (χ2n) is 6.79. The van der Waals surface area contributed by atoms with Gasteiger partial charge in [0.05, 0.1) is 11.4 Å². The zero-order valence-corrected chi connectivity index (χ0v) is 18.1.